The molecule has 1 saturated carbocycles. The molecule has 1 rings (SSSR count). The number of hydrogen-bond acceptors (Lipinski definition) is 1. The molecule has 3 unspecified atom stereocenters. The summed E-state index contributed by atoms with van der Waals surface area (Å²) in [4.78, 5) is 0. The van der Waals surface area contributed by atoms with Crippen LogP contribution in [-0.2, 0) is 0 Å². The normalized spacial score (nSPS) is 33.8. The lowest BCUT2D eigenvalue weighted by atomic mass is 9.75. The summed E-state index contributed by atoms with van der Waals surface area (Å²) in [5.41, 5.74) is 0. The van der Waals surface area contributed by atoms with Crippen LogP contribution in [0.25, 0.3) is 0 Å². The first-order valence-electron chi connectivity index (χ1n) is 5.29. The summed E-state index contributed by atoms with van der Waals surface area (Å²) in [6, 6.07) is 0. The SMILES string of the molecule is CC(C)C(C)C1CCCC(O)C1. The maximum absolute atomic E-state index is 9.51. The fourth-order valence-corrected chi connectivity index (χ4v) is 2.22. The van der Waals surface area contributed by atoms with Crippen LogP contribution in [0.15, 0.2) is 0 Å². The first kappa shape index (κ1) is 10.0. The van der Waals surface area contributed by atoms with Crippen LogP contribution in [0.2, 0.25) is 0 Å². The quantitative estimate of drug-likeness (QED) is 0.675. The Morgan fingerprint density at radius 1 is 1.17 bits per heavy atom. The average Bonchev–Trinajstić information content (AvgIpc) is 2.03. The highest BCUT2D eigenvalue weighted by Gasteiger charge is 2.26. The monoisotopic (exact) mass is 170 g/mol. The van der Waals surface area contributed by atoms with Crippen LogP contribution in [0.3, 0.4) is 0 Å². The number of rotatable bonds is 2. The van der Waals surface area contributed by atoms with Crippen LogP contribution in [0, 0.1) is 17.8 Å². The van der Waals surface area contributed by atoms with Crippen molar-refractivity contribution in [2.24, 2.45) is 17.8 Å². The summed E-state index contributed by atoms with van der Waals surface area (Å²) in [7, 11) is 0. The Morgan fingerprint density at radius 3 is 2.33 bits per heavy atom. The van der Waals surface area contributed by atoms with Gasteiger partial charge >= 0.3 is 0 Å². The molecule has 0 aromatic rings. The van der Waals surface area contributed by atoms with Crippen molar-refractivity contribution in [3.05, 3.63) is 0 Å². The molecule has 0 radical (unpaired) electrons. The van der Waals surface area contributed by atoms with E-state index in [2.05, 4.69) is 20.8 Å². The molecule has 1 aliphatic carbocycles. The van der Waals surface area contributed by atoms with E-state index in [1.165, 1.54) is 12.8 Å². The van der Waals surface area contributed by atoms with Crippen LogP contribution in [0.1, 0.15) is 46.5 Å². The molecule has 3 atom stereocenters. The molecular weight excluding hydrogens is 148 g/mol. The number of aliphatic hydroxyl groups is 1. The lowest BCUT2D eigenvalue weighted by Crippen LogP contribution is -2.26. The van der Waals surface area contributed by atoms with E-state index in [-0.39, 0.29) is 6.10 Å². The molecule has 1 heteroatoms. The highest BCUT2D eigenvalue weighted by atomic mass is 16.3. The van der Waals surface area contributed by atoms with Crippen LogP contribution in [0.4, 0.5) is 0 Å². The minimum Gasteiger partial charge on any atom is -0.393 e. The van der Waals surface area contributed by atoms with Gasteiger partial charge in [-0.25, -0.2) is 0 Å². The molecule has 72 valence electrons. The summed E-state index contributed by atoms with van der Waals surface area (Å²) >= 11 is 0. The van der Waals surface area contributed by atoms with Crippen molar-refractivity contribution < 1.29 is 5.11 Å². The largest absolute Gasteiger partial charge is 0.393 e. The molecule has 0 spiro atoms. The molecule has 0 aliphatic heterocycles. The highest BCUT2D eigenvalue weighted by Crippen LogP contribution is 2.33. The van der Waals surface area contributed by atoms with Crippen molar-refractivity contribution in [2.45, 2.75) is 52.6 Å². The highest BCUT2D eigenvalue weighted by molar-refractivity contribution is 4.77. The molecule has 0 aromatic heterocycles. The van der Waals surface area contributed by atoms with Gasteiger partial charge in [-0.3, -0.25) is 0 Å². The zero-order chi connectivity index (χ0) is 9.14. The number of hydrogen-bond donors (Lipinski definition) is 1. The molecule has 1 nitrogen and oxygen atoms in total. The third kappa shape index (κ3) is 2.48. The van der Waals surface area contributed by atoms with E-state index < -0.39 is 0 Å². The minimum absolute atomic E-state index is 0.00931. The Balaban J connectivity index is 2.40. The summed E-state index contributed by atoms with van der Waals surface area (Å²) in [5.74, 6) is 2.31. The molecule has 0 aromatic carbocycles. The van der Waals surface area contributed by atoms with Crippen LogP contribution >= 0.6 is 0 Å². The molecule has 0 heterocycles. The Kier molecular flexibility index (Phi) is 3.57. The summed E-state index contributed by atoms with van der Waals surface area (Å²) in [6.45, 7) is 6.89. The summed E-state index contributed by atoms with van der Waals surface area (Å²) < 4.78 is 0. The van der Waals surface area contributed by atoms with Crippen molar-refractivity contribution >= 4 is 0 Å². The van der Waals surface area contributed by atoms with Crippen molar-refractivity contribution in [3.63, 3.8) is 0 Å². The summed E-state index contributed by atoms with van der Waals surface area (Å²) in [5, 5.41) is 9.51. The Morgan fingerprint density at radius 2 is 1.83 bits per heavy atom. The topological polar surface area (TPSA) is 20.2 Å². The van der Waals surface area contributed by atoms with Gasteiger partial charge < -0.3 is 5.11 Å². The molecular formula is C11H22O. The summed E-state index contributed by atoms with van der Waals surface area (Å²) in [6.07, 6.45) is 4.62. The number of aliphatic hydroxyl groups excluding tert-OH is 1. The van der Waals surface area contributed by atoms with Gasteiger partial charge in [-0.1, -0.05) is 27.2 Å². The van der Waals surface area contributed by atoms with Crippen molar-refractivity contribution in [2.75, 3.05) is 0 Å². The van der Waals surface area contributed by atoms with Gasteiger partial charge in [-0.05, 0) is 37.0 Å². The van der Waals surface area contributed by atoms with Gasteiger partial charge in [-0.15, -0.1) is 0 Å². The second kappa shape index (κ2) is 4.27. The standard InChI is InChI=1S/C11H22O/c1-8(2)9(3)10-5-4-6-11(12)7-10/h8-12H,4-7H2,1-3H3. The second-order valence-corrected chi connectivity index (χ2v) is 4.68. The Bertz CT molecular complexity index is 131. The lowest BCUT2D eigenvalue weighted by molar-refractivity contribution is 0.0730. The first-order chi connectivity index (χ1) is 5.61. The fraction of sp³-hybridized carbons (Fsp3) is 1.00. The molecule has 0 saturated heterocycles. The molecule has 12 heavy (non-hydrogen) atoms. The third-order valence-electron chi connectivity index (χ3n) is 3.48. The Labute approximate surface area is 76.2 Å². The van der Waals surface area contributed by atoms with Gasteiger partial charge in [0.05, 0.1) is 6.10 Å². The molecule has 1 N–H and O–H groups in total. The maximum Gasteiger partial charge on any atom is 0.0543 e. The van der Waals surface area contributed by atoms with Gasteiger partial charge in [-0.2, -0.15) is 0 Å². The van der Waals surface area contributed by atoms with Crippen molar-refractivity contribution in [3.8, 4) is 0 Å². The zero-order valence-corrected chi connectivity index (χ0v) is 8.59. The van der Waals surface area contributed by atoms with Gasteiger partial charge in [0.1, 0.15) is 0 Å². The van der Waals surface area contributed by atoms with E-state index in [1.807, 2.05) is 0 Å². The Hall–Kier alpha value is -0.0400. The molecule has 1 aliphatic rings. The van der Waals surface area contributed by atoms with Gasteiger partial charge in [0.2, 0.25) is 0 Å². The van der Waals surface area contributed by atoms with E-state index in [1.54, 1.807) is 0 Å². The van der Waals surface area contributed by atoms with E-state index >= 15 is 0 Å². The lowest BCUT2D eigenvalue weighted by Gasteiger charge is -2.32. The van der Waals surface area contributed by atoms with E-state index in [0.717, 1.165) is 30.6 Å². The van der Waals surface area contributed by atoms with Crippen LogP contribution in [-0.4, -0.2) is 11.2 Å². The third-order valence-corrected chi connectivity index (χ3v) is 3.48. The molecule has 0 bridgehead atoms. The van der Waals surface area contributed by atoms with E-state index in [4.69, 9.17) is 0 Å². The van der Waals surface area contributed by atoms with E-state index in [9.17, 15) is 5.11 Å². The van der Waals surface area contributed by atoms with Gasteiger partial charge in [0.15, 0.2) is 0 Å². The van der Waals surface area contributed by atoms with Crippen LogP contribution in [0.5, 0.6) is 0 Å². The maximum atomic E-state index is 9.51. The van der Waals surface area contributed by atoms with Crippen molar-refractivity contribution in [1.29, 1.82) is 0 Å². The molecule has 1 fully saturated rings. The molecule has 0 amide bonds. The van der Waals surface area contributed by atoms with Gasteiger partial charge in [0.25, 0.3) is 0 Å². The fourth-order valence-electron chi connectivity index (χ4n) is 2.22. The van der Waals surface area contributed by atoms with Gasteiger partial charge in [0, 0.05) is 0 Å². The van der Waals surface area contributed by atoms with Crippen molar-refractivity contribution in [1.82, 2.24) is 0 Å². The second-order valence-electron chi connectivity index (χ2n) is 4.68. The first-order valence-corrected chi connectivity index (χ1v) is 5.29. The van der Waals surface area contributed by atoms with E-state index in [0.29, 0.717) is 0 Å². The van der Waals surface area contributed by atoms with Crippen LogP contribution < -0.4 is 0 Å². The zero-order valence-electron chi connectivity index (χ0n) is 8.59. The smallest absolute Gasteiger partial charge is 0.0543 e. The average molecular weight is 170 g/mol. The predicted octanol–water partition coefficient (Wildman–Crippen LogP) is 2.83. The predicted molar refractivity (Wildman–Crippen MR) is 52.0 cm³/mol. The minimum atomic E-state index is -0.00931.